The summed E-state index contributed by atoms with van der Waals surface area (Å²) in [5.74, 6) is -1.40. The van der Waals surface area contributed by atoms with Gasteiger partial charge in [0.25, 0.3) is 10.0 Å². The van der Waals surface area contributed by atoms with Crippen LogP contribution in [0.1, 0.15) is 31.4 Å². The number of anilines is 1. The molecule has 0 bridgehead atoms. The Morgan fingerprint density at radius 1 is 0.946 bits per heavy atom. The highest BCUT2D eigenvalue weighted by atomic mass is 32.2. The van der Waals surface area contributed by atoms with Gasteiger partial charge in [-0.3, -0.25) is 13.9 Å². The van der Waals surface area contributed by atoms with Gasteiger partial charge in [0.15, 0.2) is 0 Å². The number of amides is 2. The molecule has 0 aliphatic rings. The summed E-state index contributed by atoms with van der Waals surface area (Å²) in [6.45, 7) is 5.48. The van der Waals surface area contributed by atoms with Crippen molar-refractivity contribution in [1.82, 2.24) is 10.2 Å². The maximum Gasteiger partial charge on any atom is 0.264 e. The van der Waals surface area contributed by atoms with Crippen LogP contribution >= 0.6 is 0 Å². The van der Waals surface area contributed by atoms with E-state index in [2.05, 4.69) is 5.32 Å². The van der Waals surface area contributed by atoms with E-state index in [1.165, 1.54) is 29.2 Å². The van der Waals surface area contributed by atoms with Gasteiger partial charge in [0.1, 0.15) is 18.4 Å². The minimum Gasteiger partial charge on any atom is -0.355 e. The van der Waals surface area contributed by atoms with Crippen molar-refractivity contribution < 1.29 is 22.4 Å². The van der Waals surface area contributed by atoms with Gasteiger partial charge in [-0.15, -0.1) is 0 Å². The van der Waals surface area contributed by atoms with Crippen molar-refractivity contribution >= 4 is 27.5 Å². The Balaban J connectivity index is 2.04. The third-order valence-corrected chi connectivity index (χ3v) is 7.69. The molecule has 37 heavy (non-hydrogen) atoms. The second kappa shape index (κ2) is 12.5. The number of halogens is 1. The number of hydrogen-bond donors (Lipinski definition) is 1. The van der Waals surface area contributed by atoms with Gasteiger partial charge in [0.05, 0.1) is 10.6 Å². The lowest BCUT2D eigenvalue weighted by Gasteiger charge is -2.33. The molecule has 2 amide bonds. The number of benzene rings is 3. The summed E-state index contributed by atoms with van der Waals surface area (Å²) in [4.78, 5) is 28.2. The van der Waals surface area contributed by atoms with Crippen LogP contribution in [0.4, 0.5) is 10.1 Å². The second-order valence-corrected chi connectivity index (χ2v) is 10.5. The first-order valence-electron chi connectivity index (χ1n) is 12.1. The molecular weight excluding hydrogens is 493 g/mol. The summed E-state index contributed by atoms with van der Waals surface area (Å²) in [6, 6.07) is 19.4. The molecule has 1 unspecified atom stereocenters. The van der Waals surface area contributed by atoms with Crippen molar-refractivity contribution in [2.45, 2.75) is 44.7 Å². The Morgan fingerprint density at radius 2 is 1.62 bits per heavy atom. The van der Waals surface area contributed by atoms with Gasteiger partial charge in [-0.2, -0.15) is 0 Å². The zero-order chi connectivity index (χ0) is 27.0. The molecule has 1 N–H and O–H groups in total. The van der Waals surface area contributed by atoms with Gasteiger partial charge >= 0.3 is 0 Å². The minimum absolute atomic E-state index is 0.00636. The predicted molar refractivity (Wildman–Crippen MR) is 142 cm³/mol. The Kier molecular flexibility index (Phi) is 9.41. The van der Waals surface area contributed by atoms with Gasteiger partial charge in [0, 0.05) is 13.1 Å². The van der Waals surface area contributed by atoms with E-state index >= 15 is 0 Å². The third kappa shape index (κ3) is 6.95. The molecule has 0 aromatic heterocycles. The van der Waals surface area contributed by atoms with Crippen LogP contribution in [0.2, 0.25) is 0 Å². The van der Waals surface area contributed by atoms with E-state index in [4.69, 9.17) is 0 Å². The summed E-state index contributed by atoms with van der Waals surface area (Å²) in [5, 5.41) is 2.77. The largest absolute Gasteiger partial charge is 0.355 e. The maximum atomic E-state index is 13.8. The quantitative estimate of drug-likeness (QED) is 0.405. The Hall–Kier alpha value is -3.72. The summed E-state index contributed by atoms with van der Waals surface area (Å²) in [7, 11) is -4.18. The first-order valence-corrected chi connectivity index (χ1v) is 13.6. The van der Waals surface area contributed by atoms with E-state index in [0.717, 1.165) is 27.6 Å². The third-order valence-electron chi connectivity index (χ3n) is 5.90. The highest BCUT2D eigenvalue weighted by Crippen LogP contribution is 2.25. The van der Waals surface area contributed by atoms with Gasteiger partial charge in [-0.1, -0.05) is 55.0 Å². The SMILES string of the molecule is CCNC(=O)C(CC)N(Cc1cccc(C)c1)C(=O)CN(c1ccc(F)cc1)S(=O)(=O)c1ccccc1. The fourth-order valence-electron chi connectivity index (χ4n) is 4.07. The molecule has 9 heteroatoms. The number of nitrogens with zero attached hydrogens (tertiary/aromatic N) is 2. The van der Waals surface area contributed by atoms with E-state index in [0.29, 0.717) is 13.0 Å². The molecule has 0 aliphatic heterocycles. The maximum absolute atomic E-state index is 13.8. The smallest absolute Gasteiger partial charge is 0.264 e. The van der Waals surface area contributed by atoms with Crippen LogP contribution in [0.25, 0.3) is 0 Å². The Morgan fingerprint density at radius 3 is 2.22 bits per heavy atom. The van der Waals surface area contributed by atoms with E-state index in [-0.39, 0.29) is 23.0 Å². The monoisotopic (exact) mass is 525 g/mol. The molecule has 0 heterocycles. The molecule has 0 fully saturated rings. The van der Waals surface area contributed by atoms with Crippen molar-refractivity contribution in [3.63, 3.8) is 0 Å². The Bertz CT molecular complexity index is 1310. The van der Waals surface area contributed by atoms with Crippen LogP contribution in [-0.2, 0) is 26.2 Å². The first kappa shape index (κ1) is 27.9. The van der Waals surface area contributed by atoms with E-state index in [9.17, 15) is 22.4 Å². The van der Waals surface area contributed by atoms with Crippen molar-refractivity contribution in [1.29, 1.82) is 0 Å². The topological polar surface area (TPSA) is 86.8 Å². The van der Waals surface area contributed by atoms with Crippen molar-refractivity contribution in [2.75, 3.05) is 17.4 Å². The number of carbonyl (C=O) groups excluding carboxylic acids is 2. The molecule has 3 rings (SSSR count). The average molecular weight is 526 g/mol. The van der Waals surface area contributed by atoms with E-state index in [1.807, 2.05) is 31.2 Å². The first-order chi connectivity index (χ1) is 17.7. The molecule has 3 aromatic rings. The highest BCUT2D eigenvalue weighted by Gasteiger charge is 2.33. The van der Waals surface area contributed by atoms with Gasteiger partial charge in [-0.05, 0) is 62.2 Å². The average Bonchev–Trinajstić information content (AvgIpc) is 2.88. The molecule has 3 aromatic carbocycles. The molecule has 1 atom stereocenters. The molecule has 0 radical (unpaired) electrons. The number of aryl methyl sites for hydroxylation is 1. The van der Waals surface area contributed by atoms with Crippen LogP contribution in [0, 0.1) is 12.7 Å². The normalized spacial score (nSPS) is 12.0. The van der Waals surface area contributed by atoms with Crippen LogP contribution in [-0.4, -0.2) is 44.3 Å². The van der Waals surface area contributed by atoms with E-state index < -0.39 is 34.3 Å². The van der Waals surface area contributed by atoms with Crippen molar-refractivity contribution in [3.8, 4) is 0 Å². The molecule has 0 saturated carbocycles. The number of rotatable bonds is 11. The number of nitrogens with one attached hydrogen (secondary N) is 1. The van der Waals surface area contributed by atoms with Gasteiger partial charge in [0.2, 0.25) is 11.8 Å². The molecule has 0 spiro atoms. The van der Waals surface area contributed by atoms with Crippen LogP contribution in [0.5, 0.6) is 0 Å². The lowest BCUT2D eigenvalue weighted by Crippen LogP contribution is -2.52. The summed E-state index contributed by atoms with van der Waals surface area (Å²) in [6.07, 6.45) is 0.339. The standard InChI is InChI=1S/C28H32FN3O4S/c1-4-26(28(34)30-5-2)31(19-22-11-9-10-21(3)18-22)27(33)20-32(24-16-14-23(29)15-17-24)37(35,36)25-12-7-6-8-13-25/h6-18,26H,4-5,19-20H2,1-3H3,(H,30,34). The zero-order valence-electron chi connectivity index (χ0n) is 21.2. The highest BCUT2D eigenvalue weighted by molar-refractivity contribution is 7.92. The molecule has 196 valence electrons. The fraction of sp³-hybridized carbons (Fsp3) is 0.286. The van der Waals surface area contributed by atoms with Crippen molar-refractivity contribution in [3.05, 3.63) is 95.8 Å². The molecular formula is C28H32FN3O4S. The second-order valence-electron chi connectivity index (χ2n) is 8.63. The lowest BCUT2D eigenvalue weighted by atomic mass is 10.1. The summed E-state index contributed by atoms with van der Waals surface area (Å²) >= 11 is 0. The molecule has 0 saturated heterocycles. The van der Waals surface area contributed by atoms with Crippen LogP contribution < -0.4 is 9.62 Å². The number of carbonyl (C=O) groups is 2. The molecule has 7 nitrogen and oxygen atoms in total. The number of sulfonamides is 1. The fourth-order valence-corrected chi connectivity index (χ4v) is 5.51. The van der Waals surface area contributed by atoms with Gasteiger partial charge in [-0.25, -0.2) is 12.8 Å². The van der Waals surface area contributed by atoms with Crippen LogP contribution in [0.3, 0.4) is 0 Å². The van der Waals surface area contributed by atoms with Crippen LogP contribution in [0.15, 0.2) is 83.8 Å². The Labute approximate surface area is 218 Å². The molecule has 0 aliphatic carbocycles. The summed E-state index contributed by atoms with van der Waals surface area (Å²) < 4.78 is 41.9. The van der Waals surface area contributed by atoms with E-state index in [1.54, 1.807) is 32.0 Å². The van der Waals surface area contributed by atoms with Crippen molar-refractivity contribution in [2.24, 2.45) is 0 Å². The predicted octanol–water partition coefficient (Wildman–Crippen LogP) is 4.27. The minimum atomic E-state index is -4.18. The summed E-state index contributed by atoms with van der Waals surface area (Å²) in [5.41, 5.74) is 1.95. The zero-order valence-corrected chi connectivity index (χ0v) is 22.0. The number of likely N-dealkylation sites (N-methyl/N-ethyl adjacent to an activating group) is 1. The van der Waals surface area contributed by atoms with Gasteiger partial charge < -0.3 is 10.2 Å². The number of hydrogen-bond acceptors (Lipinski definition) is 4. The lowest BCUT2D eigenvalue weighted by molar-refractivity contribution is -0.140.